The van der Waals surface area contributed by atoms with Gasteiger partial charge in [-0.2, -0.15) is 0 Å². The summed E-state index contributed by atoms with van der Waals surface area (Å²) in [7, 11) is 0. The number of halogens is 1. The van der Waals surface area contributed by atoms with Crippen LogP contribution in [0.4, 0.5) is 0 Å². The molecule has 5 heteroatoms. The number of amides is 1. The molecule has 0 bridgehead atoms. The van der Waals surface area contributed by atoms with Crippen molar-refractivity contribution in [1.29, 1.82) is 0 Å². The quantitative estimate of drug-likeness (QED) is 0.574. The molecule has 0 radical (unpaired) electrons. The van der Waals surface area contributed by atoms with Crippen LogP contribution in [0.25, 0.3) is 0 Å². The summed E-state index contributed by atoms with van der Waals surface area (Å²) in [4.78, 5) is 25.8. The Balaban J connectivity index is 2.88. The molecule has 110 valence electrons. The number of rotatable bonds is 7. The summed E-state index contributed by atoms with van der Waals surface area (Å²) in [6.45, 7) is 4.14. The van der Waals surface area contributed by atoms with Crippen molar-refractivity contribution in [3.63, 3.8) is 0 Å². The van der Waals surface area contributed by atoms with Crippen LogP contribution in [-0.2, 0) is 9.53 Å². The topological polar surface area (TPSA) is 46.6 Å². The predicted octanol–water partition coefficient (Wildman–Crippen LogP) is 2.71. The molecule has 0 saturated carbocycles. The van der Waals surface area contributed by atoms with Gasteiger partial charge in [-0.3, -0.25) is 4.79 Å². The van der Waals surface area contributed by atoms with Gasteiger partial charge in [0.2, 0.25) is 0 Å². The molecule has 0 aliphatic rings. The van der Waals surface area contributed by atoms with Crippen LogP contribution in [0, 0.1) is 0 Å². The van der Waals surface area contributed by atoms with Gasteiger partial charge in [0.05, 0.1) is 6.61 Å². The maximum Gasteiger partial charge on any atom is 0.328 e. The van der Waals surface area contributed by atoms with Crippen LogP contribution in [0.3, 0.4) is 0 Å². The van der Waals surface area contributed by atoms with Gasteiger partial charge < -0.3 is 9.64 Å². The summed E-state index contributed by atoms with van der Waals surface area (Å²) < 4.78 is 4.98. The van der Waals surface area contributed by atoms with Crippen LogP contribution in [0.15, 0.2) is 30.3 Å². The van der Waals surface area contributed by atoms with Gasteiger partial charge in [0.15, 0.2) is 0 Å². The first kappa shape index (κ1) is 16.5. The second-order valence-corrected chi connectivity index (χ2v) is 4.71. The normalized spacial score (nSPS) is 11.8. The number of benzene rings is 1. The summed E-state index contributed by atoms with van der Waals surface area (Å²) in [6, 6.07) is 8.27. The lowest BCUT2D eigenvalue weighted by Gasteiger charge is -2.27. The lowest BCUT2D eigenvalue weighted by Crippen LogP contribution is -2.44. The van der Waals surface area contributed by atoms with Crippen molar-refractivity contribution in [1.82, 2.24) is 4.90 Å². The molecule has 1 atom stereocenters. The largest absolute Gasteiger partial charge is 0.464 e. The smallest absolute Gasteiger partial charge is 0.328 e. The number of ether oxygens (including phenoxy) is 1. The minimum Gasteiger partial charge on any atom is -0.464 e. The first-order valence-corrected chi connectivity index (χ1v) is 7.23. The third kappa shape index (κ3) is 4.53. The fourth-order valence-electron chi connectivity index (χ4n) is 1.84. The molecule has 1 aromatic carbocycles. The minimum absolute atomic E-state index is 0.184. The van der Waals surface area contributed by atoms with E-state index in [9.17, 15) is 9.59 Å². The molecule has 0 heterocycles. The molecule has 0 aliphatic carbocycles. The highest BCUT2D eigenvalue weighted by molar-refractivity contribution is 6.17. The predicted molar refractivity (Wildman–Crippen MR) is 78.9 cm³/mol. The number of carbonyl (C=O) groups excluding carboxylic acids is 2. The van der Waals surface area contributed by atoms with Crippen LogP contribution in [0.1, 0.15) is 30.6 Å². The van der Waals surface area contributed by atoms with Gasteiger partial charge in [-0.1, -0.05) is 18.2 Å². The molecule has 0 fully saturated rings. The fraction of sp³-hybridized carbons (Fsp3) is 0.467. The summed E-state index contributed by atoms with van der Waals surface area (Å²) in [5.74, 6) is -0.142. The monoisotopic (exact) mass is 297 g/mol. The number of esters is 1. The number of hydrogen-bond donors (Lipinski definition) is 0. The Hall–Kier alpha value is -1.55. The fourth-order valence-corrected chi connectivity index (χ4v) is 1.96. The average Bonchev–Trinajstić information content (AvgIpc) is 2.48. The molecule has 4 nitrogen and oxygen atoms in total. The molecule has 20 heavy (non-hydrogen) atoms. The summed E-state index contributed by atoms with van der Waals surface area (Å²) in [6.07, 6.45) is 0.629. The van der Waals surface area contributed by atoms with E-state index < -0.39 is 12.0 Å². The molecule has 0 aromatic heterocycles. The zero-order valence-corrected chi connectivity index (χ0v) is 12.6. The number of carbonyl (C=O) groups is 2. The van der Waals surface area contributed by atoms with Gasteiger partial charge in [0.25, 0.3) is 5.91 Å². The SMILES string of the molecule is CCOC(=O)[C@H](C)N(CCCCl)C(=O)c1ccccc1. The van der Waals surface area contributed by atoms with Crippen LogP contribution in [-0.4, -0.2) is 41.8 Å². The average molecular weight is 298 g/mol. The van der Waals surface area contributed by atoms with Crippen molar-refractivity contribution < 1.29 is 14.3 Å². The van der Waals surface area contributed by atoms with E-state index in [0.29, 0.717) is 31.0 Å². The van der Waals surface area contributed by atoms with Gasteiger partial charge in [0, 0.05) is 18.0 Å². The van der Waals surface area contributed by atoms with Crippen LogP contribution in [0.2, 0.25) is 0 Å². The molecular formula is C15H20ClNO3. The summed E-state index contributed by atoms with van der Waals surface area (Å²) >= 11 is 5.69. The van der Waals surface area contributed by atoms with E-state index in [-0.39, 0.29) is 5.91 Å². The second-order valence-electron chi connectivity index (χ2n) is 4.34. The molecule has 0 spiro atoms. The molecule has 0 unspecified atom stereocenters. The third-order valence-electron chi connectivity index (χ3n) is 2.91. The van der Waals surface area contributed by atoms with E-state index in [4.69, 9.17) is 16.3 Å². The Bertz CT molecular complexity index is 436. The van der Waals surface area contributed by atoms with Crippen molar-refractivity contribution in [2.45, 2.75) is 26.3 Å². The van der Waals surface area contributed by atoms with E-state index in [1.165, 1.54) is 4.90 Å². The van der Waals surface area contributed by atoms with Crippen LogP contribution in [0.5, 0.6) is 0 Å². The highest BCUT2D eigenvalue weighted by Gasteiger charge is 2.27. The Labute approximate surface area is 124 Å². The highest BCUT2D eigenvalue weighted by Crippen LogP contribution is 2.11. The van der Waals surface area contributed by atoms with Crippen molar-refractivity contribution in [3.8, 4) is 0 Å². The summed E-state index contributed by atoms with van der Waals surface area (Å²) in [5, 5.41) is 0. The molecule has 1 aromatic rings. The second kappa shape index (κ2) is 8.59. The zero-order valence-electron chi connectivity index (χ0n) is 11.8. The van der Waals surface area contributed by atoms with E-state index in [1.807, 2.05) is 6.07 Å². The van der Waals surface area contributed by atoms with E-state index >= 15 is 0 Å². The molecular weight excluding hydrogens is 278 g/mol. The van der Waals surface area contributed by atoms with Crippen molar-refractivity contribution >= 4 is 23.5 Å². The maximum atomic E-state index is 12.5. The van der Waals surface area contributed by atoms with Gasteiger partial charge in [0.1, 0.15) is 6.04 Å². The van der Waals surface area contributed by atoms with Crippen LogP contribution < -0.4 is 0 Å². The van der Waals surface area contributed by atoms with E-state index in [0.717, 1.165) is 0 Å². The maximum absolute atomic E-state index is 12.5. The molecule has 0 aliphatic heterocycles. The zero-order chi connectivity index (χ0) is 15.0. The van der Waals surface area contributed by atoms with Gasteiger partial charge >= 0.3 is 5.97 Å². The third-order valence-corrected chi connectivity index (χ3v) is 3.18. The van der Waals surface area contributed by atoms with Gasteiger partial charge in [-0.05, 0) is 32.4 Å². The summed E-state index contributed by atoms with van der Waals surface area (Å²) in [5.41, 5.74) is 0.554. The van der Waals surface area contributed by atoms with E-state index in [2.05, 4.69) is 0 Å². The number of alkyl halides is 1. The molecule has 0 saturated heterocycles. The Kier molecular flexibility index (Phi) is 7.09. The number of nitrogens with zero attached hydrogens (tertiary/aromatic N) is 1. The van der Waals surface area contributed by atoms with E-state index in [1.54, 1.807) is 38.1 Å². The first-order valence-electron chi connectivity index (χ1n) is 6.70. The Morgan fingerprint density at radius 3 is 2.50 bits per heavy atom. The van der Waals surface area contributed by atoms with Crippen molar-refractivity contribution in [3.05, 3.63) is 35.9 Å². The molecule has 1 rings (SSSR count). The standard InChI is InChI=1S/C15H20ClNO3/c1-3-20-15(19)12(2)17(11-7-10-16)14(18)13-8-5-4-6-9-13/h4-6,8-9,12H,3,7,10-11H2,1-2H3/t12-/m0/s1. The van der Waals surface area contributed by atoms with Crippen molar-refractivity contribution in [2.24, 2.45) is 0 Å². The van der Waals surface area contributed by atoms with Gasteiger partial charge in [-0.15, -0.1) is 11.6 Å². The minimum atomic E-state index is -0.620. The first-order chi connectivity index (χ1) is 9.61. The Morgan fingerprint density at radius 2 is 1.95 bits per heavy atom. The Morgan fingerprint density at radius 1 is 1.30 bits per heavy atom. The van der Waals surface area contributed by atoms with Crippen molar-refractivity contribution in [2.75, 3.05) is 19.0 Å². The lowest BCUT2D eigenvalue weighted by molar-refractivity contribution is -0.147. The highest BCUT2D eigenvalue weighted by atomic mass is 35.5. The van der Waals surface area contributed by atoms with Crippen LogP contribution >= 0.6 is 11.6 Å². The van der Waals surface area contributed by atoms with Gasteiger partial charge in [-0.25, -0.2) is 4.79 Å². The molecule has 1 amide bonds. The lowest BCUT2D eigenvalue weighted by atomic mass is 10.1. The number of hydrogen-bond acceptors (Lipinski definition) is 3. The molecule has 0 N–H and O–H groups in total.